The minimum absolute atomic E-state index is 0.0522. The van der Waals surface area contributed by atoms with Gasteiger partial charge in [-0.1, -0.05) is 30.3 Å². The van der Waals surface area contributed by atoms with Crippen molar-refractivity contribution in [2.45, 2.75) is 39.2 Å². The number of aliphatic imine (C=N–C) groups is 1. The summed E-state index contributed by atoms with van der Waals surface area (Å²) in [4.78, 5) is 18.5. The van der Waals surface area contributed by atoms with Gasteiger partial charge in [0.05, 0.1) is 19.1 Å². The van der Waals surface area contributed by atoms with Crippen LogP contribution in [-0.4, -0.2) is 56.7 Å². The summed E-state index contributed by atoms with van der Waals surface area (Å²) in [5.41, 5.74) is 1.21. The topological polar surface area (TPSA) is 63.2 Å². The Hall–Kier alpha value is -2.08. The van der Waals surface area contributed by atoms with Gasteiger partial charge >= 0.3 is 5.97 Å². The lowest BCUT2D eigenvalue weighted by atomic mass is 9.98. The van der Waals surface area contributed by atoms with Crippen LogP contribution in [0.4, 0.5) is 0 Å². The Morgan fingerprint density at radius 3 is 2.85 bits per heavy atom. The molecule has 2 rings (SSSR count). The monoisotopic (exact) mass is 375 g/mol. The van der Waals surface area contributed by atoms with Crippen molar-refractivity contribution in [3.05, 3.63) is 35.9 Å². The second-order valence-electron chi connectivity index (χ2n) is 6.76. The van der Waals surface area contributed by atoms with Gasteiger partial charge in [-0.2, -0.15) is 0 Å². The summed E-state index contributed by atoms with van der Waals surface area (Å²) in [6.45, 7) is 6.16. The SMILES string of the molecule is CCOC(=O)C1CCCN(C(=NC)NCCCCOCc2ccccc2)C1. The molecule has 1 heterocycles. The molecule has 0 aliphatic carbocycles. The summed E-state index contributed by atoms with van der Waals surface area (Å²) in [5, 5.41) is 3.41. The highest BCUT2D eigenvalue weighted by Crippen LogP contribution is 2.18. The van der Waals surface area contributed by atoms with Gasteiger partial charge in [-0.25, -0.2) is 0 Å². The Morgan fingerprint density at radius 2 is 2.11 bits per heavy atom. The third kappa shape index (κ3) is 7.59. The molecule has 1 aliphatic heterocycles. The normalized spacial score (nSPS) is 17.6. The van der Waals surface area contributed by atoms with Crippen molar-refractivity contribution in [1.29, 1.82) is 0 Å². The van der Waals surface area contributed by atoms with Crippen molar-refractivity contribution in [2.24, 2.45) is 10.9 Å². The third-order valence-corrected chi connectivity index (χ3v) is 4.66. The van der Waals surface area contributed by atoms with E-state index in [-0.39, 0.29) is 11.9 Å². The van der Waals surface area contributed by atoms with Crippen molar-refractivity contribution >= 4 is 11.9 Å². The van der Waals surface area contributed by atoms with E-state index in [4.69, 9.17) is 9.47 Å². The molecule has 1 fully saturated rings. The number of hydrogen-bond acceptors (Lipinski definition) is 4. The van der Waals surface area contributed by atoms with Gasteiger partial charge < -0.3 is 19.7 Å². The average molecular weight is 376 g/mol. The van der Waals surface area contributed by atoms with Gasteiger partial charge in [0, 0.05) is 33.3 Å². The van der Waals surface area contributed by atoms with Crippen LogP contribution in [0.1, 0.15) is 38.2 Å². The van der Waals surface area contributed by atoms with Crippen molar-refractivity contribution in [2.75, 3.05) is 39.9 Å². The molecular weight excluding hydrogens is 342 g/mol. The molecule has 0 saturated carbocycles. The van der Waals surface area contributed by atoms with Crippen LogP contribution in [0.2, 0.25) is 0 Å². The molecule has 150 valence electrons. The Labute approximate surface area is 162 Å². The van der Waals surface area contributed by atoms with Gasteiger partial charge in [0.15, 0.2) is 5.96 Å². The number of carbonyl (C=O) groups excluding carboxylic acids is 1. The van der Waals surface area contributed by atoms with Gasteiger partial charge in [-0.15, -0.1) is 0 Å². The summed E-state index contributed by atoms with van der Waals surface area (Å²) >= 11 is 0. The minimum atomic E-state index is -0.0896. The second kappa shape index (κ2) is 12.3. The molecule has 1 unspecified atom stereocenters. The van der Waals surface area contributed by atoms with Crippen LogP contribution < -0.4 is 5.32 Å². The molecule has 1 atom stereocenters. The standard InChI is InChI=1S/C21H33N3O3/c1-3-27-20(25)19-12-9-14-24(16-19)21(22-2)23-13-7-8-15-26-17-18-10-5-4-6-11-18/h4-6,10-11,19H,3,7-9,12-17H2,1-2H3,(H,22,23). The first-order chi connectivity index (χ1) is 13.2. The number of ether oxygens (including phenoxy) is 2. The van der Waals surface area contributed by atoms with E-state index < -0.39 is 0 Å². The predicted molar refractivity (Wildman–Crippen MR) is 108 cm³/mol. The molecular formula is C21H33N3O3. The molecule has 1 aromatic carbocycles. The lowest BCUT2D eigenvalue weighted by Gasteiger charge is -2.33. The Morgan fingerprint density at radius 1 is 1.30 bits per heavy atom. The van der Waals surface area contributed by atoms with E-state index >= 15 is 0 Å². The average Bonchev–Trinajstić information content (AvgIpc) is 2.71. The maximum Gasteiger partial charge on any atom is 0.310 e. The third-order valence-electron chi connectivity index (χ3n) is 4.66. The predicted octanol–water partition coefficient (Wildman–Crippen LogP) is 2.83. The summed E-state index contributed by atoms with van der Waals surface area (Å²) in [6, 6.07) is 10.2. The Kier molecular flexibility index (Phi) is 9.69. The quantitative estimate of drug-likeness (QED) is 0.311. The van der Waals surface area contributed by atoms with Crippen LogP contribution in [0.5, 0.6) is 0 Å². The van der Waals surface area contributed by atoms with Gasteiger partial charge in [-0.05, 0) is 38.2 Å². The largest absolute Gasteiger partial charge is 0.466 e. The molecule has 0 spiro atoms. The number of unbranched alkanes of at least 4 members (excludes halogenated alkanes) is 1. The first-order valence-electron chi connectivity index (χ1n) is 9.98. The Bertz CT molecular complexity index is 577. The number of hydrogen-bond donors (Lipinski definition) is 1. The van der Waals surface area contributed by atoms with E-state index in [1.165, 1.54) is 5.56 Å². The number of nitrogens with one attached hydrogen (secondary N) is 1. The van der Waals surface area contributed by atoms with Gasteiger partial charge in [0.2, 0.25) is 0 Å². The molecule has 6 nitrogen and oxygen atoms in total. The summed E-state index contributed by atoms with van der Waals surface area (Å²) in [5.74, 6) is 0.728. The molecule has 1 saturated heterocycles. The number of esters is 1. The Balaban J connectivity index is 1.61. The molecule has 0 amide bonds. The molecule has 1 aliphatic rings. The summed E-state index contributed by atoms with van der Waals surface area (Å²) in [7, 11) is 1.79. The fraction of sp³-hybridized carbons (Fsp3) is 0.619. The lowest BCUT2D eigenvalue weighted by Crippen LogP contribution is -2.48. The molecule has 6 heteroatoms. The summed E-state index contributed by atoms with van der Waals surface area (Å²) < 4.78 is 10.9. The van der Waals surface area contributed by atoms with Crippen LogP contribution in [0.3, 0.4) is 0 Å². The lowest BCUT2D eigenvalue weighted by molar-refractivity contribution is -0.149. The van der Waals surface area contributed by atoms with Crippen molar-refractivity contribution in [3.63, 3.8) is 0 Å². The molecule has 0 radical (unpaired) electrons. The van der Waals surface area contributed by atoms with Crippen LogP contribution in [0, 0.1) is 5.92 Å². The number of likely N-dealkylation sites (tertiary alicyclic amines) is 1. The number of guanidine groups is 1. The molecule has 1 N–H and O–H groups in total. The van der Waals surface area contributed by atoms with Crippen LogP contribution >= 0.6 is 0 Å². The molecule has 0 bridgehead atoms. The minimum Gasteiger partial charge on any atom is -0.466 e. The molecule has 0 aromatic heterocycles. The van der Waals surface area contributed by atoms with E-state index in [9.17, 15) is 4.79 Å². The van der Waals surface area contributed by atoms with Gasteiger partial charge in [0.1, 0.15) is 0 Å². The maximum atomic E-state index is 12.0. The second-order valence-corrected chi connectivity index (χ2v) is 6.76. The number of carbonyl (C=O) groups is 1. The zero-order valence-electron chi connectivity index (χ0n) is 16.7. The number of nitrogens with zero attached hydrogens (tertiary/aromatic N) is 2. The van der Waals surface area contributed by atoms with E-state index in [1.807, 2.05) is 25.1 Å². The molecule has 1 aromatic rings. The summed E-state index contributed by atoms with van der Waals surface area (Å²) in [6.07, 6.45) is 3.90. The van der Waals surface area contributed by atoms with E-state index in [0.29, 0.717) is 19.8 Å². The van der Waals surface area contributed by atoms with Gasteiger partial charge in [0.25, 0.3) is 0 Å². The number of piperidine rings is 1. The van der Waals surface area contributed by atoms with Crippen molar-refractivity contribution in [1.82, 2.24) is 10.2 Å². The van der Waals surface area contributed by atoms with Crippen LogP contribution in [0.25, 0.3) is 0 Å². The van der Waals surface area contributed by atoms with Crippen molar-refractivity contribution in [3.8, 4) is 0 Å². The zero-order chi connectivity index (χ0) is 19.3. The highest BCUT2D eigenvalue weighted by molar-refractivity contribution is 5.81. The smallest absolute Gasteiger partial charge is 0.310 e. The van der Waals surface area contributed by atoms with Gasteiger partial charge in [-0.3, -0.25) is 9.79 Å². The molecule has 27 heavy (non-hydrogen) atoms. The first-order valence-corrected chi connectivity index (χ1v) is 9.98. The zero-order valence-corrected chi connectivity index (χ0v) is 16.7. The first kappa shape index (κ1) is 21.2. The fourth-order valence-corrected chi connectivity index (χ4v) is 3.25. The van der Waals surface area contributed by atoms with E-state index in [2.05, 4.69) is 27.3 Å². The van der Waals surface area contributed by atoms with E-state index in [1.54, 1.807) is 7.05 Å². The highest BCUT2D eigenvalue weighted by atomic mass is 16.5. The van der Waals surface area contributed by atoms with E-state index in [0.717, 1.165) is 51.3 Å². The maximum absolute atomic E-state index is 12.0. The highest BCUT2D eigenvalue weighted by Gasteiger charge is 2.28. The number of rotatable bonds is 9. The fourth-order valence-electron chi connectivity index (χ4n) is 3.25. The van der Waals surface area contributed by atoms with Crippen molar-refractivity contribution < 1.29 is 14.3 Å². The number of benzene rings is 1. The van der Waals surface area contributed by atoms with Crippen LogP contribution in [-0.2, 0) is 20.9 Å². The van der Waals surface area contributed by atoms with Crippen LogP contribution in [0.15, 0.2) is 35.3 Å².